The van der Waals surface area contributed by atoms with E-state index in [1.807, 2.05) is 11.8 Å². The first-order chi connectivity index (χ1) is 17.2. The Labute approximate surface area is 241 Å². The molecule has 0 N–H and O–H groups in total. The lowest BCUT2D eigenvalue weighted by atomic mass is 9.84. The van der Waals surface area contributed by atoms with E-state index in [-0.39, 0.29) is 21.7 Å². The van der Waals surface area contributed by atoms with E-state index in [0.29, 0.717) is 0 Å². The summed E-state index contributed by atoms with van der Waals surface area (Å²) in [6.07, 6.45) is 8.84. The van der Waals surface area contributed by atoms with Crippen molar-refractivity contribution in [1.29, 1.82) is 0 Å². The molecule has 1 aromatic heterocycles. The van der Waals surface area contributed by atoms with Gasteiger partial charge in [-0.05, 0) is 82.7 Å². The predicted octanol–water partition coefficient (Wildman–Crippen LogP) is 10.7. The van der Waals surface area contributed by atoms with Gasteiger partial charge in [0.25, 0.3) is 0 Å². The van der Waals surface area contributed by atoms with Crippen molar-refractivity contribution >= 4 is 34.9 Å². The van der Waals surface area contributed by atoms with E-state index in [9.17, 15) is 0 Å². The summed E-state index contributed by atoms with van der Waals surface area (Å²) in [6, 6.07) is 4.34. The maximum Gasteiger partial charge on any atom is 0.335 e. The van der Waals surface area contributed by atoms with Crippen molar-refractivity contribution in [2.75, 3.05) is 5.75 Å². The van der Waals surface area contributed by atoms with Gasteiger partial charge in [-0.2, -0.15) is 0 Å². The highest BCUT2D eigenvalue weighted by molar-refractivity contribution is 8.03. The fourth-order valence-corrected chi connectivity index (χ4v) is 5.39. The lowest BCUT2D eigenvalue weighted by Gasteiger charge is -2.33. The van der Waals surface area contributed by atoms with Crippen molar-refractivity contribution in [3.05, 3.63) is 80.6 Å². The summed E-state index contributed by atoms with van der Waals surface area (Å²) >= 11 is 7.88. The van der Waals surface area contributed by atoms with Gasteiger partial charge in [0.05, 0.1) is 15.7 Å². The second-order valence-electron chi connectivity index (χ2n) is 14.4. The molecule has 0 amide bonds. The first kappa shape index (κ1) is 30.6. The molecule has 1 aliphatic heterocycles. The van der Waals surface area contributed by atoms with Crippen molar-refractivity contribution in [2.24, 2.45) is 10.8 Å². The Balaban J connectivity index is 2.15. The highest BCUT2D eigenvalue weighted by Crippen LogP contribution is 2.44. The van der Waals surface area contributed by atoms with Gasteiger partial charge < -0.3 is 4.74 Å². The highest BCUT2D eigenvalue weighted by atomic mass is 32.2. The molecule has 0 radical (unpaired) electrons. The van der Waals surface area contributed by atoms with Crippen LogP contribution in [0.1, 0.15) is 107 Å². The molecule has 206 valence electrons. The summed E-state index contributed by atoms with van der Waals surface area (Å²) in [5, 5.41) is 0. The van der Waals surface area contributed by atoms with E-state index in [4.69, 9.17) is 21.4 Å². The molecular formula is C34H47O2S2+. The van der Waals surface area contributed by atoms with E-state index in [1.54, 1.807) is 0 Å². The van der Waals surface area contributed by atoms with Crippen LogP contribution in [-0.4, -0.2) is 10.6 Å². The van der Waals surface area contributed by atoms with Crippen LogP contribution in [0.2, 0.25) is 0 Å². The van der Waals surface area contributed by atoms with Crippen LogP contribution in [0.5, 0.6) is 0 Å². The highest BCUT2D eigenvalue weighted by Gasteiger charge is 2.35. The smallest absolute Gasteiger partial charge is 0.335 e. The van der Waals surface area contributed by atoms with Gasteiger partial charge in [0, 0.05) is 39.0 Å². The molecule has 2 nitrogen and oxygen atoms in total. The number of rotatable bonds is 4. The van der Waals surface area contributed by atoms with Gasteiger partial charge in [0.1, 0.15) is 11.5 Å². The standard InChI is InChI=1S/C34H47O2S2/c1-14-38-30-23(15-21-17-25(31(2,3)4)35-26(18-21)32(5,6)7)29(37)24(30)16-22-19-27(33(8,9)10)36-28(20-22)34(11,12)13/h15-20H,14H2,1-13H3/q+1. The Bertz CT molecular complexity index is 1210. The van der Waals surface area contributed by atoms with Gasteiger partial charge in [-0.1, -0.05) is 60.7 Å². The van der Waals surface area contributed by atoms with Crippen LogP contribution in [0.3, 0.4) is 0 Å². The van der Waals surface area contributed by atoms with Gasteiger partial charge in [0.15, 0.2) is 0 Å². The molecule has 3 rings (SSSR count). The summed E-state index contributed by atoms with van der Waals surface area (Å²) in [7, 11) is 0. The van der Waals surface area contributed by atoms with Crippen LogP contribution in [0, 0.1) is 10.8 Å². The lowest BCUT2D eigenvalue weighted by molar-refractivity contribution is 0.161. The van der Waals surface area contributed by atoms with Crippen LogP contribution >= 0.6 is 24.0 Å². The summed E-state index contributed by atoms with van der Waals surface area (Å²) in [4.78, 5) is 2.19. The zero-order valence-electron chi connectivity index (χ0n) is 25.8. The van der Waals surface area contributed by atoms with Gasteiger partial charge in [-0.15, -0.1) is 11.8 Å². The maximum absolute atomic E-state index is 6.36. The summed E-state index contributed by atoms with van der Waals surface area (Å²) < 4.78 is 12.7. The average molecular weight is 552 g/mol. The van der Waals surface area contributed by atoms with Crippen molar-refractivity contribution < 1.29 is 9.15 Å². The molecule has 38 heavy (non-hydrogen) atoms. The molecule has 0 bridgehead atoms. The van der Waals surface area contributed by atoms with Crippen LogP contribution < -0.4 is 0 Å². The molecule has 0 unspecified atom stereocenters. The van der Waals surface area contributed by atoms with Gasteiger partial charge in [0.2, 0.25) is 0 Å². The number of allylic oxidation sites excluding steroid dienone is 8. The Morgan fingerprint density at radius 3 is 1.63 bits per heavy atom. The van der Waals surface area contributed by atoms with E-state index in [0.717, 1.165) is 55.9 Å². The molecule has 0 spiro atoms. The summed E-state index contributed by atoms with van der Waals surface area (Å²) in [5.41, 5.74) is 4.24. The Kier molecular flexibility index (Phi) is 8.53. The lowest BCUT2D eigenvalue weighted by Crippen LogP contribution is -2.22. The zero-order valence-corrected chi connectivity index (χ0v) is 27.4. The van der Waals surface area contributed by atoms with Crippen molar-refractivity contribution in [3.63, 3.8) is 0 Å². The number of thiocarbonyl (C=S) groups is 1. The molecule has 1 aromatic rings. The SMILES string of the molecule is CCSC1=C(C=C2C=C(C(C)(C)C)OC(C(C)(C)C)=C2)C(=S)/C1=C\c1cc(C(C)(C)C)[o+]c(C(C)(C)C)c1. The first-order valence-corrected chi connectivity index (χ1v) is 15.1. The molecule has 0 saturated heterocycles. The van der Waals surface area contributed by atoms with Crippen LogP contribution in [0.25, 0.3) is 6.08 Å². The quantitative estimate of drug-likeness (QED) is 0.211. The third-order valence-electron chi connectivity index (χ3n) is 6.48. The minimum atomic E-state index is -0.0850. The number of thioether (sulfide) groups is 1. The predicted molar refractivity (Wildman–Crippen MR) is 170 cm³/mol. The average Bonchev–Trinajstić information content (AvgIpc) is 2.77. The second kappa shape index (κ2) is 10.6. The summed E-state index contributed by atoms with van der Waals surface area (Å²) in [6.45, 7) is 28.5. The first-order valence-electron chi connectivity index (χ1n) is 13.7. The second-order valence-corrected chi connectivity index (χ2v) is 16.1. The van der Waals surface area contributed by atoms with Gasteiger partial charge in [-0.25, -0.2) is 4.42 Å². The molecule has 0 atom stereocenters. The molecule has 0 fully saturated rings. The molecule has 2 heterocycles. The molecule has 0 aromatic carbocycles. The minimum Gasteiger partial charge on any atom is -0.465 e. The van der Waals surface area contributed by atoms with Crippen LogP contribution in [0.15, 0.2) is 67.9 Å². The molecule has 1 aliphatic carbocycles. The number of hydrogen-bond donors (Lipinski definition) is 0. The van der Waals surface area contributed by atoms with Gasteiger partial charge >= 0.3 is 11.5 Å². The molecule has 4 heteroatoms. The molecule has 0 saturated carbocycles. The van der Waals surface area contributed by atoms with E-state index < -0.39 is 0 Å². The fraction of sp³-hybridized carbons (Fsp3) is 0.529. The van der Waals surface area contributed by atoms with Crippen LogP contribution in [0.4, 0.5) is 0 Å². The monoisotopic (exact) mass is 551 g/mol. The molecule has 2 aliphatic rings. The van der Waals surface area contributed by atoms with Gasteiger partial charge in [-0.3, -0.25) is 0 Å². The van der Waals surface area contributed by atoms with E-state index in [1.165, 1.54) is 4.91 Å². The van der Waals surface area contributed by atoms with Crippen molar-refractivity contribution in [2.45, 2.75) is 101 Å². The normalized spacial score (nSPS) is 18.3. The third-order valence-corrected chi connectivity index (χ3v) is 7.93. The Morgan fingerprint density at radius 1 is 0.763 bits per heavy atom. The number of ether oxygens (including phenoxy) is 1. The van der Waals surface area contributed by atoms with Crippen molar-refractivity contribution in [3.8, 4) is 0 Å². The summed E-state index contributed by atoms with van der Waals surface area (Å²) in [5.74, 6) is 4.93. The third kappa shape index (κ3) is 6.99. The topological polar surface area (TPSA) is 20.5 Å². The zero-order chi connectivity index (χ0) is 28.8. The largest absolute Gasteiger partial charge is 0.465 e. The van der Waals surface area contributed by atoms with Crippen molar-refractivity contribution in [1.82, 2.24) is 0 Å². The Hall–Kier alpha value is -1.91. The Morgan fingerprint density at radius 2 is 1.24 bits per heavy atom. The maximum atomic E-state index is 6.36. The van der Waals surface area contributed by atoms with E-state index >= 15 is 0 Å². The number of hydrogen-bond acceptors (Lipinski definition) is 3. The minimum absolute atomic E-state index is 0.0850. The van der Waals surface area contributed by atoms with Crippen LogP contribution in [-0.2, 0) is 15.6 Å². The molecular weight excluding hydrogens is 505 g/mol. The fourth-order valence-electron chi connectivity index (χ4n) is 4.02. The van der Waals surface area contributed by atoms with E-state index in [2.05, 4.69) is 126 Å².